The molecule has 3 aromatic rings. The zero-order chi connectivity index (χ0) is 16.1. The fourth-order valence-electron chi connectivity index (χ4n) is 3.62. The van der Waals surface area contributed by atoms with Crippen LogP contribution < -0.4 is 10.9 Å². The molecule has 116 valence electrons. The lowest BCUT2D eigenvalue weighted by molar-refractivity contribution is 0.506. The van der Waals surface area contributed by atoms with Gasteiger partial charge in [0.15, 0.2) is 0 Å². The number of nitrogens with one attached hydrogen (secondary N) is 1. The van der Waals surface area contributed by atoms with Crippen LogP contribution in [0.1, 0.15) is 36.5 Å². The summed E-state index contributed by atoms with van der Waals surface area (Å²) >= 11 is 0. The molecule has 1 N–H and O–H groups in total. The predicted octanol–water partition coefficient (Wildman–Crippen LogP) is 4.95. The summed E-state index contributed by atoms with van der Waals surface area (Å²) in [4.78, 5) is 12.7. The quantitative estimate of drug-likeness (QED) is 0.647. The number of para-hydroxylation sites is 1. The van der Waals surface area contributed by atoms with E-state index in [4.69, 9.17) is 4.42 Å². The molecule has 1 aliphatic rings. The van der Waals surface area contributed by atoms with E-state index in [9.17, 15) is 4.79 Å². The van der Waals surface area contributed by atoms with Gasteiger partial charge < -0.3 is 9.73 Å². The molecule has 2 heterocycles. The predicted molar refractivity (Wildman–Crippen MR) is 93.6 cm³/mol. The normalized spacial score (nSPS) is 16.1. The van der Waals surface area contributed by atoms with Gasteiger partial charge in [0.05, 0.1) is 11.3 Å². The van der Waals surface area contributed by atoms with E-state index in [0.29, 0.717) is 11.5 Å². The van der Waals surface area contributed by atoms with Crippen molar-refractivity contribution in [2.24, 2.45) is 5.92 Å². The van der Waals surface area contributed by atoms with E-state index in [1.54, 1.807) is 0 Å². The second-order valence-corrected chi connectivity index (χ2v) is 6.61. The molecule has 3 heteroatoms. The lowest BCUT2D eigenvalue weighted by Crippen LogP contribution is -2.24. The number of anilines is 2. The van der Waals surface area contributed by atoms with Crippen molar-refractivity contribution in [2.45, 2.75) is 26.7 Å². The Morgan fingerprint density at radius 1 is 1.13 bits per heavy atom. The Labute approximate surface area is 135 Å². The van der Waals surface area contributed by atoms with Crippen LogP contribution in [0.2, 0.25) is 0 Å². The Morgan fingerprint density at radius 3 is 2.70 bits per heavy atom. The van der Waals surface area contributed by atoms with Gasteiger partial charge in [-0.1, -0.05) is 43.7 Å². The van der Waals surface area contributed by atoms with Crippen molar-refractivity contribution in [3.05, 3.63) is 69.6 Å². The summed E-state index contributed by atoms with van der Waals surface area (Å²) in [5, 5.41) is 4.43. The van der Waals surface area contributed by atoms with Crippen molar-refractivity contribution in [1.29, 1.82) is 0 Å². The highest BCUT2D eigenvalue weighted by Crippen LogP contribution is 2.45. The molecule has 1 aromatic heterocycles. The number of rotatable bonds is 1. The first-order chi connectivity index (χ1) is 11.1. The third-order valence-corrected chi connectivity index (χ3v) is 4.63. The van der Waals surface area contributed by atoms with E-state index >= 15 is 0 Å². The Hall–Kier alpha value is -2.55. The van der Waals surface area contributed by atoms with Gasteiger partial charge in [0.1, 0.15) is 5.58 Å². The molecular formula is C20H19NO2. The Morgan fingerprint density at radius 2 is 1.91 bits per heavy atom. The van der Waals surface area contributed by atoms with Crippen molar-refractivity contribution >= 4 is 22.3 Å². The number of hydrogen-bond acceptors (Lipinski definition) is 3. The molecule has 0 saturated heterocycles. The monoisotopic (exact) mass is 305 g/mol. The van der Waals surface area contributed by atoms with Gasteiger partial charge in [-0.3, -0.25) is 0 Å². The SMILES string of the molecule is Cc1ccc2c(c1)C(C(C)C)c1c(c3ccccc3oc1=O)N2. The molecule has 0 fully saturated rings. The van der Waals surface area contributed by atoms with Crippen molar-refractivity contribution in [3.63, 3.8) is 0 Å². The Balaban J connectivity index is 2.09. The first-order valence-corrected chi connectivity index (χ1v) is 7.99. The van der Waals surface area contributed by atoms with Gasteiger partial charge in [-0.25, -0.2) is 4.79 Å². The zero-order valence-electron chi connectivity index (χ0n) is 13.5. The summed E-state index contributed by atoms with van der Waals surface area (Å²) in [6, 6.07) is 14.1. The maximum absolute atomic E-state index is 12.7. The van der Waals surface area contributed by atoms with Crippen LogP contribution in [0.3, 0.4) is 0 Å². The molecule has 1 aliphatic heterocycles. The molecule has 3 nitrogen and oxygen atoms in total. The van der Waals surface area contributed by atoms with Crippen LogP contribution in [0, 0.1) is 12.8 Å². The van der Waals surface area contributed by atoms with E-state index in [0.717, 1.165) is 22.3 Å². The number of fused-ring (bicyclic) bond motifs is 4. The van der Waals surface area contributed by atoms with Crippen LogP contribution in [-0.2, 0) is 0 Å². The molecule has 23 heavy (non-hydrogen) atoms. The fraction of sp³-hybridized carbons (Fsp3) is 0.250. The van der Waals surface area contributed by atoms with Crippen molar-refractivity contribution in [3.8, 4) is 0 Å². The lowest BCUT2D eigenvalue weighted by atomic mass is 9.78. The van der Waals surface area contributed by atoms with Gasteiger partial charge in [-0.2, -0.15) is 0 Å². The summed E-state index contributed by atoms with van der Waals surface area (Å²) in [6.45, 7) is 6.39. The smallest absolute Gasteiger partial charge is 0.342 e. The highest BCUT2D eigenvalue weighted by Gasteiger charge is 2.32. The number of aryl methyl sites for hydroxylation is 1. The molecule has 2 aromatic carbocycles. The van der Waals surface area contributed by atoms with E-state index in [2.05, 4.69) is 44.3 Å². The molecule has 0 bridgehead atoms. The summed E-state index contributed by atoms with van der Waals surface area (Å²) < 4.78 is 5.59. The van der Waals surface area contributed by atoms with Gasteiger partial charge in [0.25, 0.3) is 0 Å². The summed E-state index contributed by atoms with van der Waals surface area (Å²) in [5.74, 6) is 0.350. The Bertz CT molecular complexity index is 969. The molecule has 1 unspecified atom stereocenters. The summed E-state index contributed by atoms with van der Waals surface area (Å²) in [6.07, 6.45) is 0. The van der Waals surface area contributed by atoms with Crippen LogP contribution in [0.5, 0.6) is 0 Å². The molecule has 0 saturated carbocycles. The third-order valence-electron chi connectivity index (χ3n) is 4.63. The van der Waals surface area contributed by atoms with Gasteiger partial charge in [-0.15, -0.1) is 0 Å². The maximum Gasteiger partial charge on any atom is 0.342 e. The second-order valence-electron chi connectivity index (χ2n) is 6.61. The minimum atomic E-state index is -0.239. The summed E-state index contributed by atoms with van der Waals surface area (Å²) in [7, 11) is 0. The highest BCUT2D eigenvalue weighted by atomic mass is 16.4. The molecule has 0 radical (unpaired) electrons. The van der Waals surface area contributed by atoms with Crippen LogP contribution in [0.25, 0.3) is 11.0 Å². The minimum absolute atomic E-state index is 0.0435. The van der Waals surface area contributed by atoms with E-state index < -0.39 is 0 Å². The molecular weight excluding hydrogens is 286 g/mol. The van der Waals surface area contributed by atoms with Gasteiger partial charge >= 0.3 is 5.63 Å². The van der Waals surface area contributed by atoms with Crippen LogP contribution in [0.15, 0.2) is 51.7 Å². The molecule has 0 aliphatic carbocycles. The standard InChI is InChI=1S/C20H19NO2/c1-11(2)17-14-10-12(3)8-9-15(14)21-19-13-6-4-5-7-16(13)23-20(22)18(17)19/h4-11,17,21H,1-3H3. The fourth-order valence-corrected chi connectivity index (χ4v) is 3.62. The van der Waals surface area contributed by atoms with Crippen molar-refractivity contribution in [1.82, 2.24) is 0 Å². The Kier molecular flexibility index (Phi) is 3.05. The van der Waals surface area contributed by atoms with E-state index in [1.807, 2.05) is 24.3 Å². The first-order valence-electron chi connectivity index (χ1n) is 7.99. The van der Waals surface area contributed by atoms with Gasteiger partial charge in [0, 0.05) is 17.0 Å². The van der Waals surface area contributed by atoms with Crippen LogP contribution >= 0.6 is 0 Å². The molecule has 0 spiro atoms. The molecule has 0 amide bonds. The van der Waals surface area contributed by atoms with Gasteiger partial charge in [-0.05, 0) is 36.6 Å². The zero-order valence-corrected chi connectivity index (χ0v) is 13.5. The van der Waals surface area contributed by atoms with Crippen LogP contribution in [0.4, 0.5) is 11.4 Å². The maximum atomic E-state index is 12.7. The topological polar surface area (TPSA) is 42.2 Å². The first kappa shape index (κ1) is 14.1. The average Bonchev–Trinajstić information content (AvgIpc) is 2.53. The number of benzene rings is 2. The minimum Gasteiger partial charge on any atom is -0.422 e. The third kappa shape index (κ3) is 2.07. The largest absolute Gasteiger partial charge is 0.422 e. The molecule has 1 atom stereocenters. The van der Waals surface area contributed by atoms with E-state index in [1.165, 1.54) is 11.1 Å². The number of hydrogen-bond donors (Lipinski definition) is 1. The highest BCUT2D eigenvalue weighted by molar-refractivity contribution is 5.95. The van der Waals surface area contributed by atoms with Gasteiger partial charge in [0.2, 0.25) is 0 Å². The summed E-state index contributed by atoms with van der Waals surface area (Å²) in [5.41, 5.74) is 5.49. The van der Waals surface area contributed by atoms with Crippen molar-refractivity contribution in [2.75, 3.05) is 5.32 Å². The average molecular weight is 305 g/mol. The van der Waals surface area contributed by atoms with Crippen LogP contribution in [-0.4, -0.2) is 0 Å². The lowest BCUT2D eigenvalue weighted by Gasteiger charge is -2.31. The molecule has 4 rings (SSSR count). The van der Waals surface area contributed by atoms with E-state index in [-0.39, 0.29) is 11.5 Å². The van der Waals surface area contributed by atoms with Crippen molar-refractivity contribution < 1.29 is 4.42 Å². The second kappa shape index (κ2) is 4.98.